The zero-order chi connectivity index (χ0) is 22.2. The van der Waals surface area contributed by atoms with Crippen molar-refractivity contribution in [1.82, 2.24) is 0 Å². The van der Waals surface area contributed by atoms with Gasteiger partial charge in [-0.15, -0.1) is 0 Å². The van der Waals surface area contributed by atoms with Gasteiger partial charge in [-0.2, -0.15) is 0 Å². The molecule has 0 fully saturated rings. The maximum absolute atomic E-state index is 10.6. The van der Waals surface area contributed by atoms with Gasteiger partial charge in [-0.3, -0.25) is 9.59 Å². The highest BCUT2D eigenvalue weighted by Crippen LogP contribution is 2.15. The lowest BCUT2D eigenvalue weighted by Crippen LogP contribution is -2.42. The Morgan fingerprint density at radius 2 is 1.11 bits per heavy atom. The molecule has 0 saturated heterocycles. The molecule has 0 aliphatic heterocycles. The Balaban J connectivity index is 0.000000528. The van der Waals surface area contributed by atoms with E-state index in [2.05, 4.69) is 0 Å². The Hall–Kier alpha value is -4.00. The SMILES string of the molecule is O=C(O)CC(O)(CC(=O)O)C(=O)O.O=C(O)c1ccc(C(=O)O)c(C(=O)O)c1. The van der Waals surface area contributed by atoms with Crippen LogP contribution in [0, 0.1) is 0 Å². The van der Waals surface area contributed by atoms with E-state index in [1.807, 2.05) is 0 Å². The Bertz CT molecular complexity index is 807. The largest absolute Gasteiger partial charge is 0.481 e. The van der Waals surface area contributed by atoms with Crippen molar-refractivity contribution in [1.29, 1.82) is 0 Å². The molecule has 0 unspecified atom stereocenters. The van der Waals surface area contributed by atoms with Crippen molar-refractivity contribution in [2.75, 3.05) is 0 Å². The summed E-state index contributed by atoms with van der Waals surface area (Å²) in [5.74, 6) is -9.22. The summed E-state index contributed by atoms with van der Waals surface area (Å²) in [5, 5.41) is 59.7. The van der Waals surface area contributed by atoms with Crippen LogP contribution >= 0.6 is 0 Å². The van der Waals surface area contributed by atoms with E-state index in [0.717, 1.165) is 18.2 Å². The van der Waals surface area contributed by atoms with Crippen LogP contribution in [0.3, 0.4) is 0 Å². The van der Waals surface area contributed by atoms with Crippen molar-refractivity contribution in [2.24, 2.45) is 0 Å². The molecule has 0 spiro atoms. The van der Waals surface area contributed by atoms with Crippen molar-refractivity contribution in [3.8, 4) is 0 Å². The molecule has 28 heavy (non-hydrogen) atoms. The van der Waals surface area contributed by atoms with Crippen molar-refractivity contribution < 1.29 is 64.5 Å². The number of aliphatic carboxylic acids is 3. The van der Waals surface area contributed by atoms with Crippen LogP contribution in [0.4, 0.5) is 0 Å². The molecule has 0 atom stereocenters. The smallest absolute Gasteiger partial charge is 0.336 e. The second-order valence-corrected chi connectivity index (χ2v) is 5.15. The van der Waals surface area contributed by atoms with Gasteiger partial charge in [0.2, 0.25) is 0 Å². The molecule has 0 radical (unpaired) electrons. The monoisotopic (exact) mass is 402 g/mol. The number of aliphatic hydroxyl groups is 1. The van der Waals surface area contributed by atoms with Crippen LogP contribution in [-0.4, -0.2) is 77.2 Å². The van der Waals surface area contributed by atoms with Crippen LogP contribution in [0.1, 0.15) is 43.9 Å². The maximum Gasteiger partial charge on any atom is 0.336 e. The van der Waals surface area contributed by atoms with E-state index < -0.39 is 65.4 Å². The number of carboxylic acid groups (broad SMARTS) is 6. The molecule has 13 heteroatoms. The van der Waals surface area contributed by atoms with Crippen LogP contribution < -0.4 is 0 Å². The fourth-order valence-electron chi connectivity index (χ4n) is 1.75. The van der Waals surface area contributed by atoms with Gasteiger partial charge >= 0.3 is 35.8 Å². The summed E-state index contributed by atoms with van der Waals surface area (Å²) in [6.45, 7) is 0. The molecule has 0 heterocycles. The third kappa shape index (κ3) is 7.09. The van der Waals surface area contributed by atoms with Crippen molar-refractivity contribution in [3.05, 3.63) is 34.9 Å². The molecule has 0 amide bonds. The predicted octanol–water partition coefficient (Wildman–Crippen LogP) is -0.467. The number of hydrogen-bond acceptors (Lipinski definition) is 7. The fraction of sp³-hybridized carbons (Fsp3) is 0.200. The van der Waals surface area contributed by atoms with Gasteiger partial charge in [0.05, 0.1) is 29.5 Å². The highest BCUT2D eigenvalue weighted by atomic mass is 16.4. The van der Waals surface area contributed by atoms with Gasteiger partial charge < -0.3 is 35.7 Å². The summed E-state index contributed by atoms with van der Waals surface area (Å²) in [4.78, 5) is 62.2. The molecule has 0 bridgehead atoms. The highest BCUT2D eigenvalue weighted by Gasteiger charge is 2.40. The van der Waals surface area contributed by atoms with Crippen LogP contribution in [0.15, 0.2) is 18.2 Å². The maximum atomic E-state index is 10.6. The normalized spacial score (nSPS) is 10.2. The van der Waals surface area contributed by atoms with Gasteiger partial charge in [-0.25, -0.2) is 19.2 Å². The third-order valence-electron chi connectivity index (χ3n) is 3.01. The first-order valence-electron chi connectivity index (χ1n) is 6.94. The minimum atomic E-state index is -2.74. The number of rotatable bonds is 8. The zero-order valence-corrected chi connectivity index (χ0v) is 13.7. The number of hydrogen-bond donors (Lipinski definition) is 7. The van der Waals surface area contributed by atoms with Gasteiger partial charge in [0.15, 0.2) is 5.60 Å². The van der Waals surface area contributed by atoms with Gasteiger partial charge in [-0.1, -0.05) is 0 Å². The molecule has 1 aromatic carbocycles. The van der Waals surface area contributed by atoms with Crippen LogP contribution in [0.2, 0.25) is 0 Å². The second-order valence-electron chi connectivity index (χ2n) is 5.15. The number of aromatic carboxylic acids is 3. The van der Waals surface area contributed by atoms with Gasteiger partial charge in [0.25, 0.3) is 0 Å². The Morgan fingerprint density at radius 1 is 0.679 bits per heavy atom. The zero-order valence-electron chi connectivity index (χ0n) is 13.7. The molecule has 7 N–H and O–H groups in total. The lowest BCUT2D eigenvalue weighted by molar-refractivity contribution is -0.170. The molecule has 0 aromatic heterocycles. The summed E-state index contributed by atoms with van der Waals surface area (Å²) < 4.78 is 0. The number of benzene rings is 1. The molecular formula is C15H14O13. The first kappa shape index (κ1) is 24.0. The molecule has 0 saturated carbocycles. The predicted molar refractivity (Wildman–Crippen MR) is 84.4 cm³/mol. The molecule has 0 aliphatic rings. The average molecular weight is 402 g/mol. The summed E-state index contributed by atoms with van der Waals surface area (Å²) in [6.07, 6.45) is -2.29. The van der Waals surface area contributed by atoms with Gasteiger partial charge in [-0.05, 0) is 18.2 Å². The Morgan fingerprint density at radius 3 is 1.39 bits per heavy atom. The second kappa shape index (κ2) is 9.63. The summed E-state index contributed by atoms with van der Waals surface area (Å²) >= 11 is 0. The Kier molecular flexibility index (Phi) is 8.25. The van der Waals surface area contributed by atoms with Crippen molar-refractivity contribution in [2.45, 2.75) is 18.4 Å². The molecule has 13 nitrogen and oxygen atoms in total. The lowest BCUT2D eigenvalue weighted by atomic mass is 9.96. The third-order valence-corrected chi connectivity index (χ3v) is 3.01. The summed E-state index contributed by atoms with van der Waals surface area (Å²) in [6, 6.07) is 2.81. The summed E-state index contributed by atoms with van der Waals surface area (Å²) in [7, 11) is 0. The minimum absolute atomic E-state index is 0.266. The van der Waals surface area contributed by atoms with Crippen LogP contribution in [0.25, 0.3) is 0 Å². The van der Waals surface area contributed by atoms with Gasteiger partial charge in [0, 0.05) is 0 Å². The van der Waals surface area contributed by atoms with Gasteiger partial charge in [0.1, 0.15) is 0 Å². The number of carbonyl (C=O) groups is 6. The van der Waals surface area contributed by atoms with E-state index >= 15 is 0 Å². The number of carboxylic acids is 6. The van der Waals surface area contributed by atoms with E-state index in [1.54, 1.807) is 0 Å². The van der Waals surface area contributed by atoms with E-state index in [9.17, 15) is 28.8 Å². The Labute approximate surface area is 154 Å². The molecule has 1 rings (SSSR count). The van der Waals surface area contributed by atoms with E-state index in [-0.39, 0.29) is 5.56 Å². The quantitative estimate of drug-likeness (QED) is 0.291. The first-order valence-corrected chi connectivity index (χ1v) is 6.94. The van der Waals surface area contributed by atoms with E-state index in [0.29, 0.717) is 0 Å². The molecule has 152 valence electrons. The summed E-state index contributed by atoms with van der Waals surface area (Å²) in [5.41, 5.74) is -3.98. The topological polar surface area (TPSA) is 244 Å². The lowest BCUT2D eigenvalue weighted by Gasteiger charge is -2.18. The van der Waals surface area contributed by atoms with Crippen molar-refractivity contribution in [3.63, 3.8) is 0 Å². The van der Waals surface area contributed by atoms with E-state index in [1.165, 1.54) is 0 Å². The standard InChI is InChI=1S/C9H6O6.C6H8O7/c10-7(11)4-1-2-5(8(12)13)6(3-4)9(14)15;7-3(8)1-6(13,5(11)12)2-4(9)10/h1-3H,(H,10,11)(H,12,13)(H,14,15);13H,1-2H2,(H,7,8)(H,9,10)(H,11,12). The molecular weight excluding hydrogens is 388 g/mol. The van der Waals surface area contributed by atoms with Crippen LogP contribution in [-0.2, 0) is 14.4 Å². The highest BCUT2D eigenvalue weighted by molar-refractivity contribution is 6.03. The minimum Gasteiger partial charge on any atom is -0.481 e. The average Bonchev–Trinajstić information content (AvgIpc) is 2.52. The van der Waals surface area contributed by atoms with Crippen LogP contribution in [0.5, 0.6) is 0 Å². The van der Waals surface area contributed by atoms with Crippen molar-refractivity contribution >= 4 is 35.8 Å². The first-order chi connectivity index (χ1) is 12.7. The molecule has 1 aromatic rings. The molecule has 0 aliphatic carbocycles. The van der Waals surface area contributed by atoms with E-state index in [4.69, 9.17) is 35.7 Å². The fourth-order valence-corrected chi connectivity index (χ4v) is 1.75.